The Morgan fingerprint density at radius 2 is 1.50 bits per heavy atom. The molecular formula is C14H26N4O4S2. The van der Waals surface area contributed by atoms with Crippen LogP contribution in [0.15, 0.2) is 0 Å². The van der Waals surface area contributed by atoms with Gasteiger partial charge in [-0.3, -0.25) is 20.2 Å². The topological polar surface area (TPSA) is 116 Å². The monoisotopic (exact) mass is 378 g/mol. The van der Waals surface area contributed by atoms with Crippen molar-refractivity contribution in [3.05, 3.63) is 0 Å². The molecule has 0 aliphatic carbocycles. The predicted molar refractivity (Wildman–Crippen MR) is 97.8 cm³/mol. The van der Waals surface area contributed by atoms with Crippen molar-refractivity contribution in [2.75, 3.05) is 24.6 Å². The average molecular weight is 379 g/mol. The van der Waals surface area contributed by atoms with Crippen LogP contribution >= 0.6 is 21.6 Å². The summed E-state index contributed by atoms with van der Waals surface area (Å²) in [5.74, 6) is -0.0591. The lowest BCUT2D eigenvalue weighted by Crippen LogP contribution is -2.40. The zero-order valence-electron chi connectivity index (χ0n) is 14.1. The second-order valence-electron chi connectivity index (χ2n) is 4.89. The van der Waals surface area contributed by atoms with Crippen LogP contribution in [0.4, 0.5) is 9.59 Å². The fourth-order valence-electron chi connectivity index (χ4n) is 1.53. The molecule has 10 heteroatoms. The van der Waals surface area contributed by atoms with Crippen LogP contribution in [0.25, 0.3) is 0 Å². The van der Waals surface area contributed by atoms with Crippen molar-refractivity contribution in [2.45, 2.75) is 39.5 Å². The van der Waals surface area contributed by atoms with Gasteiger partial charge in [-0.1, -0.05) is 47.8 Å². The lowest BCUT2D eigenvalue weighted by Gasteiger charge is -2.07. The van der Waals surface area contributed by atoms with Crippen molar-refractivity contribution in [1.29, 1.82) is 0 Å². The molecule has 8 nitrogen and oxygen atoms in total. The van der Waals surface area contributed by atoms with Gasteiger partial charge in [0.15, 0.2) is 0 Å². The van der Waals surface area contributed by atoms with E-state index >= 15 is 0 Å². The molecule has 0 rings (SSSR count). The molecule has 138 valence electrons. The van der Waals surface area contributed by atoms with Crippen molar-refractivity contribution in [3.63, 3.8) is 0 Å². The van der Waals surface area contributed by atoms with Crippen LogP contribution in [0.3, 0.4) is 0 Å². The van der Waals surface area contributed by atoms with Crippen LogP contribution in [-0.4, -0.2) is 48.5 Å². The first kappa shape index (κ1) is 22.6. The van der Waals surface area contributed by atoms with Gasteiger partial charge in [-0.05, 0) is 6.42 Å². The third-order valence-corrected chi connectivity index (χ3v) is 4.87. The highest BCUT2D eigenvalue weighted by Gasteiger charge is 2.07. The fraction of sp³-hybridized carbons (Fsp3) is 0.714. The number of hydrogen-bond acceptors (Lipinski definition) is 6. The van der Waals surface area contributed by atoms with Crippen molar-refractivity contribution in [3.8, 4) is 0 Å². The first-order chi connectivity index (χ1) is 11.5. The van der Waals surface area contributed by atoms with E-state index in [1.54, 1.807) is 0 Å². The fourth-order valence-corrected chi connectivity index (χ4v) is 3.27. The molecule has 0 aliphatic rings. The molecule has 24 heavy (non-hydrogen) atoms. The van der Waals surface area contributed by atoms with Gasteiger partial charge in [0.2, 0.25) is 11.8 Å². The molecule has 0 heterocycles. The van der Waals surface area contributed by atoms with Crippen LogP contribution in [0, 0.1) is 0 Å². The number of rotatable bonds is 11. The Balaban J connectivity index is 3.50. The SMILES string of the molecule is CCCCCCNC(=O)NC(=O)CSSCCNC(=O)NC(C)=O. The molecule has 0 fully saturated rings. The summed E-state index contributed by atoms with van der Waals surface area (Å²) in [5, 5.41) is 9.49. The minimum Gasteiger partial charge on any atom is -0.338 e. The Morgan fingerprint density at radius 3 is 2.17 bits per heavy atom. The van der Waals surface area contributed by atoms with Gasteiger partial charge < -0.3 is 10.6 Å². The quantitative estimate of drug-likeness (QED) is 0.321. The number of amides is 6. The van der Waals surface area contributed by atoms with Crippen molar-refractivity contribution in [1.82, 2.24) is 21.3 Å². The number of hydrogen-bond donors (Lipinski definition) is 4. The van der Waals surface area contributed by atoms with Gasteiger partial charge in [-0.2, -0.15) is 0 Å². The molecule has 0 radical (unpaired) electrons. The van der Waals surface area contributed by atoms with E-state index in [1.807, 2.05) is 0 Å². The summed E-state index contributed by atoms with van der Waals surface area (Å²) in [6, 6.07) is -1.01. The molecule has 4 N–H and O–H groups in total. The van der Waals surface area contributed by atoms with Crippen LogP contribution in [0.1, 0.15) is 39.5 Å². The number of carbonyl (C=O) groups excluding carboxylic acids is 4. The van der Waals surface area contributed by atoms with Crippen molar-refractivity contribution >= 4 is 45.5 Å². The molecule has 0 bridgehead atoms. The van der Waals surface area contributed by atoms with Gasteiger partial charge in [-0.15, -0.1) is 0 Å². The maximum atomic E-state index is 11.5. The largest absolute Gasteiger partial charge is 0.338 e. The lowest BCUT2D eigenvalue weighted by atomic mass is 10.2. The third-order valence-electron chi connectivity index (χ3n) is 2.60. The highest BCUT2D eigenvalue weighted by Crippen LogP contribution is 2.19. The maximum Gasteiger partial charge on any atom is 0.321 e. The first-order valence-electron chi connectivity index (χ1n) is 7.83. The molecule has 6 amide bonds. The third kappa shape index (κ3) is 15.5. The van der Waals surface area contributed by atoms with Crippen LogP contribution in [0.5, 0.6) is 0 Å². The average Bonchev–Trinajstić information content (AvgIpc) is 2.49. The van der Waals surface area contributed by atoms with Gasteiger partial charge in [-0.25, -0.2) is 9.59 Å². The summed E-state index contributed by atoms with van der Waals surface area (Å²) in [7, 11) is 2.68. The highest BCUT2D eigenvalue weighted by molar-refractivity contribution is 8.76. The lowest BCUT2D eigenvalue weighted by molar-refractivity contribution is -0.118. The number of imide groups is 2. The predicted octanol–water partition coefficient (Wildman–Crippen LogP) is 1.62. The Bertz CT molecular complexity index is 422. The first-order valence-corrected chi connectivity index (χ1v) is 10.3. The number of unbranched alkanes of at least 4 members (excludes halogenated alkanes) is 3. The molecule has 0 unspecified atom stereocenters. The number of carbonyl (C=O) groups is 4. The summed E-state index contributed by atoms with van der Waals surface area (Å²) in [4.78, 5) is 44.7. The zero-order chi connectivity index (χ0) is 18.2. The normalized spacial score (nSPS) is 9.92. The van der Waals surface area contributed by atoms with Gasteiger partial charge in [0.05, 0.1) is 5.75 Å². The molecule has 0 aromatic rings. The van der Waals surface area contributed by atoms with E-state index in [4.69, 9.17) is 0 Å². The minimum atomic E-state index is -0.540. The Labute approximate surface area is 150 Å². The summed E-state index contributed by atoms with van der Waals surface area (Å²) < 4.78 is 0. The molecule has 0 saturated heterocycles. The minimum absolute atomic E-state index is 0.146. The van der Waals surface area contributed by atoms with E-state index in [0.29, 0.717) is 18.8 Å². The molecule has 0 aromatic heterocycles. The van der Waals surface area contributed by atoms with E-state index in [-0.39, 0.29) is 11.7 Å². The van der Waals surface area contributed by atoms with Gasteiger partial charge in [0.1, 0.15) is 0 Å². The molecule has 0 aromatic carbocycles. The summed E-state index contributed by atoms with van der Waals surface area (Å²) >= 11 is 0. The zero-order valence-corrected chi connectivity index (χ0v) is 15.7. The number of nitrogens with one attached hydrogen (secondary N) is 4. The van der Waals surface area contributed by atoms with E-state index < -0.39 is 18.0 Å². The smallest absolute Gasteiger partial charge is 0.321 e. The van der Waals surface area contributed by atoms with Gasteiger partial charge >= 0.3 is 12.1 Å². The van der Waals surface area contributed by atoms with Gasteiger partial charge in [0.25, 0.3) is 0 Å². The van der Waals surface area contributed by atoms with Crippen LogP contribution in [0.2, 0.25) is 0 Å². The molecular weight excluding hydrogens is 352 g/mol. The Morgan fingerprint density at radius 1 is 0.833 bits per heavy atom. The molecule has 0 aliphatic heterocycles. The van der Waals surface area contributed by atoms with Crippen LogP contribution in [-0.2, 0) is 9.59 Å². The summed E-state index contributed by atoms with van der Waals surface area (Å²) in [6.45, 7) is 4.31. The highest BCUT2D eigenvalue weighted by atomic mass is 33.1. The van der Waals surface area contributed by atoms with E-state index in [0.717, 1.165) is 25.7 Å². The Kier molecular flexibility index (Phi) is 14.2. The van der Waals surface area contributed by atoms with E-state index in [9.17, 15) is 19.2 Å². The molecule has 0 atom stereocenters. The standard InChI is InChI=1S/C14H26N4O4S2/c1-3-4-5-6-7-15-14(22)18-12(20)10-24-23-9-8-16-13(21)17-11(2)19/h3-10H2,1-2H3,(H2,15,18,20,22)(H2,16,17,19,21). The van der Waals surface area contributed by atoms with Crippen molar-refractivity contribution in [2.24, 2.45) is 0 Å². The summed E-state index contributed by atoms with van der Waals surface area (Å²) in [6.07, 6.45) is 4.25. The van der Waals surface area contributed by atoms with E-state index in [1.165, 1.54) is 28.5 Å². The second-order valence-corrected chi connectivity index (χ2v) is 7.47. The summed E-state index contributed by atoms with van der Waals surface area (Å²) in [5.41, 5.74) is 0. The van der Waals surface area contributed by atoms with Crippen molar-refractivity contribution < 1.29 is 19.2 Å². The van der Waals surface area contributed by atoms with Gasteiger partial charge in [0, 0.05) is 25.8 Å². The second kappa shape index (κ2) is 15.1. The Hall–Kier alpha value is -1.42. The van der Waals surface area contributed by atoms with E-state index in [2.05, 4.69) is 28.2 Å². The number of urea groups is 2. The molecule has 0 saturated carbocycles. The maximum absolute atomic E-state index is 11.5. The van der Waals surface area contributed by atoms with Crippen LogP contribution < -0.4 is 21.3 Å². The molecule has 0 spiro atoms.